The Bertz CT molecular complexity index is 1170. The molecule has 1 amide bonds. The summed E-state index contributed by atoms with van der Waals surface area (Å²) in [4.78, 5) is 17.3. The lowest BCUT2D eigenvalue weighted by Crippen LogP contribution is -2.15. The molecule has 4 aromatic rings. The zero-order chi connectivity index (χ0) is 20.9. The van der Waals surface area contributed by atoms with Crippen LogP contribution in [0.3, 0.4) is 0 Å². The van der Waals surface area contributed by atoms with Crippen molar-refractivity contribution in [1.29, 1.82) is 0 Å². The molecule has 152 valence electrons. The minimum Gasteiger partial charge on any atom is -0.497 e. The highest BCUT2D eigenvalue weighted by Crippen LogP contribution is 2.21. The van der Waals surface area contributed by atoms with Crippen LogP contribution in [0.4, 0.5) is 5.95 Å². The third kappa shape index (κ3) is 4.12. The first kappa shape index (κ1) is 19.5. The number of carbonyl (C=O) groups excluding carboxylic acids is 1. The summed E-state index contributed by atoms with van der Waals surface area (Å²) in [6, 6.07) is 22.7. The predicted octanol–water partition coefficient (Wildman–Crippen LogP) is 4.90. The summed E-state index contributed by atoms with van der Waals surface area (Å²) < 4.78 is 13.0. The first-order valence-electron chi connectivity index (χ1n) is 9.80. The second-order valence-corrected chi connectivity index (χ2v) is 6.79. The number of nitrogens with one attached hydrogen (secondary N) is 1. The highest BCUT2D eigenvalue weighted by molar-refractivity contribution is 6.04. The van der Waals surface area contributed by atoms with Crippen LogP contribution in [-0.2, 0) is 13.2 Å². The fourth-order valence-electron chi connectivity index (χ4n) is 3.27. The third-order valence-corrected chi connectivity index (χ3v) is 4.86. The number of hydrogen-bond donors (Lipinski definition) is 1. The fourth-order valence-corrected chi connectivity index (χ4v) is 3.27. The van der Waals surface area contributed by atoms with E-state index in [1.54, 1.807) is 19.2 Å². The fraction of sp³-hybridized carbons (Fsp3) is 0.167. The number of para-hydroxylation sites is 2. The molecular weight excluding hydrogens is 378 g/mol. The van der Waals surface area contributed by atoms with Crippen molar-refractivity contribution in [2.24, 2.45) is 0 Å². The molecule has 0 aliphatic carbocycles. The quantitative estimate of drug-likeness (QED) is 0.479. The lowest BCUT2D eigenvalue weighted by atomic mass is 10.1. The molecule has 0 bridgehead atoms. The number of ether oxygens (including phenoxy) is 2. The molecule has 0 aliphatic rings. The summed E-state index contributed by atoms with van der Waals surface area (Å²) in [5.41, 5.74) is 3.39. The summed E-state index contributed by atoms with van der Waals surface area (Å²) in [6.45, 7) is 3.15. The predicted molar refractivity (Wildman–Crippen MR) is 117 cm³/mol. The molecule has 0 saturated heterocycles. The van der Waals surface area contributed by atoms with E-state index < -0.39 is 0 Å². The van der Waals surface area contributed by atoms with Gasteiger partial charge < -0.3 is 14.0 Å². The number of carbonyl (C=O) groups is 1. The van der Waals surface area contributed by atoms with Crippen LogP contribution in [0, 0.1) is 0 Å². The van der Waals surface area contributed by atoms with Crippen LogP contribution in [0.25, 0.3) is 11.0 Å². The van der Waals surface area contributed by atoms with E-state index in [0.717, 1.165) is 34.6 Å². The normalized spacial score (nSPS) is 10.7. The van der Waals surface area contributed by atoms with Crippen molar-refractivity contribution < 1.29 is 14.3 Å². The topological polar surface area (TPSA) is 65.4 Å². The van der Waals surface area contributed by atoms with Crippen molar-refractivity contribution in [2.75, 3.05) is 12.4 Å². The van der Waals surface area contributed by atoms with Crippen molar-refractivity contribution >= 4 is 22.9 Å². The van der Waals surface area contributed by atoms with Crippen LogP contribution < -0.4 is 14.8 Å². The first-order valence-corrected chi connectivity index (χ1v) is 9.80. The van der Waals surface area contributed by atoms with Crippen LogP contribution >= 0.6 is 0 Å². The van der Waals surface area contributed by atoms with Gasteiger partial charge in [-0.1, -0.05) is 30.3 Å². The molecule has 3 aromatic carbocycles. The van der Waals surface area contributed by atoms with Crippen LogP contribution in [0.2, 0.25) is 0 Å². The summed E-state index contributed by atoms with van der Waals surface area (Å²) >= 11 is 0. The molecule has 1 aromatic heterocycles. The van der Waals surface area contributed by atoms with Crippen molar-refractivity contribution in [1.82, 2.24) is 9.55 Å². The van der Waals surface area contributed by atoms with E-state index in [-0.39, 0.29) is 5.91 Å². The van der Waals surface area contributed by atoms with Crippen molar-refractivity contribution in [3.63, 3.8) is 0 Å². The number of aromatic nitrogens is 2. The SMILES string of the molecule is CCn1c(NC(=O)c2ccc(COc3cccc(OC)c3)cc2)nc2ccccc21. The summed E-state index contributed by atoms with van der Waals surface area (Å²) in [5.74, 6) is 1.83. The zero-order valence-corrected chi connectivity index (χ0v) is 17.0. The van der Waals surface area contributed by atoms with Gasteiger partial charge in [0.25, 0.3) is 5.91 Å². The monoisotopic (exact) mass is 401 g/mol. The van der Waals surface area contributed by atoms with Gasteiger partial charge in [-0.25, -0.2) is 4.98 Å². The van der Waals surface area contributed by atoms with Crippen molar-refractivity contribution in [3.05, 3.63) is 83.9 Å². The number of aryl methyl sites for hydroxylation is 1. The average molecular weight is 401 g/mol. The molecule has 0 spiro atoms. The number of nitrogens with zero attached hydrogens (tertiary/aromatic N) is 2. The number of hydrogen-bond acceptors (Lipinski definition) is 4. The molecule has 1 N–H and O–H groups in total. The Morgan fingerprint density at radius 1 is 1.00 bits per heavy atom. The van der Waals surface area contributed by atoms with Crippen molar-refractivity contribution in [2.45, 2.75) is 20.1 Å². The van der Waals surface area contributed by atoms with Gasteiger partial charge in [-0.05, 0) is 48.9 Å². The number of rotatable bonds is 7. The van der Waals surface area contributed by atoms with Gasteiger partial charge in [0.2, 0.25) is 5.95 Å². The van der Waals surface area contributed by atoms with Crippen LogP contribution in [-0.4, -0.2) is 22.6 Å². The van der Waals surface area contributed by atoms with E-state index in [1.807, 2.05) is 72.2 Å². The lowest BCUT2D eigenvalue weighted by molar-refractivity contribution is 0.102. The number of anilines is 1. The molecular formula is C24H23N3O3. The number of methoxy groups -OCH3 is 1. The number of fused-ring (bicyclic) bond motifs is 1. The second-order valence-electron chi connectivity index (χ2n) is 6.79. The Hall–Kier alpha value is -3.80. The Morgan fingerprint density at radius 3 is 2.53 bits per heavy atom. The van der Waals surface area contributed by atoms with Crippen molar-refractivity contribution in [3.8, 4) is 11.5 Å². The molecule has 0 aliphatic heterocycles. The van der Waals surface area contributed by atoms with E-state index in [0.29, 0.717) is 18.1 Å². The molecule has 0 saturated carbocycles. The number of benzene rings is 3. The summed E-state index contributed by atoms with van der Waals surface area (Å²) in [5, 5.41) is 2.92. The van der Waals surface area contributed by atoms with E-state index >= 15 is 0 Å². The maximum Gasteiger partial charge on any atom is 0.257 e. The molecule has 30 heavy (non-hydrogen) atoms. The van der Waals surface area contributed by atoms with E-state index in [4.69, 9.17) is 9.47 Å². The highest BCUT2D eigenvalue weighted by atomic mass is 16.5. The first-order chi connectivity index (χ1) is 14.7. The largest absolute Gasteiger partial charge is 0.497 e. The van der Waals surface area contributed by atoms with Crippen LogP contribution in [0.5, 0.6) is 11.5 Å². The maximum absolute atomic E-state index is 12.7. The third-order valence-electron chi connectivity index (χ3n) is 4.86. The van der Waals surface area contributed by atoms with Crippen LogP contribution in [0.15, 0.2) is 72.8 Å². The number of amides is 1. The molecule has 0 radical (unpaired) electrons. The van der Waals surface area contributed by atoms with Gasteiger partial charge in [-0.15, -0.1) is 0 Å². The lowest BCUT2D eigenvalue weighted by Gasteiger charge is -2.09. The highest BCUT2D eigenvalue weighted by Gasteiger charge is 2.13. The Labute approximate surface area is 175 Å². The molecule has 6 nitrogen and oxygen atoms in total. The van der Waals surface area contributed by atoms with Gasteiger partial charge in [0, 0.05) is 18.2 Å². The Morgan fingerprint density at radius 2 is 1.77 bits per heavy atom. The van der Waals surface area contributed by atoms with Gasteiger partial charge in [0.1, 0.15) is 18.1 Å². The average Bonchev–Trinajstić information content (AvgIpc) is 3.15. The Balaban J connectivity index is 1.43. The van der Waals surface area contributed by atoms with Gasteiger partial charge in [-0.2, -0.15) is 0 Å². The van der Waals surface area contributed by atoms with Gasteiger partial charge in [-0.3, -0.25) is 10.1 Å². The molecule has 0 atom stereocenters. The maximum atomic E-state index is 12.7. The van der Waals surface area contributed by atoms with Gasteiger partial charge >= 0.3 is 0 Å². The number of imidazole rings is 1. The smallest absolute Gasteiger partial charge is 0.257 e. The van der Waals surface area contributed by atoms with Gasteiger partial charge in [0.05, 0.1) is 18.1 Å². The summed E-state index contributed by atoms with van der Waals surface area (Å²) in [6.07, 6.45) is 0. The molecule has 6 heteroatoms. The standard InChI is InChI=1S/C24H23N3O3/c1-3-27-22-10-5-4-9-21(22)25-24(27)26-23(28)18-13-11-17(12-14-18)16-30-20-8-6-7-19(15-20)29-2/h4-15H,3,16H2,1-2H3,(H,25,26,28). The molecule has 4 rings (SSSR count). The summed E-state index contributed by atoms with van der Waals surface area (Å²) in [7, 11) is 1.62. The Kier molecular flexibility index (Phi) is 5.66. The minimum absolute atomic E-state index is 0.194. The van der Waals surface area contributed by atoms with E-state index in [2.05, 4.69) is 10.3 Å². The van der Waals surface area contributed by atoms with E-state index in [1.165, 1.54) is 0 Å². The van der Waals surface area contributed by atoms with E-state index in [9.17, 15) is 4.79 Å². The second kappa shape index (κ2) is 8.69. The van der Waals surface area contributed by atoms with Crippen LogP contribution in [0.1, 0.15) is 22.8 Å². The molecule has 1 heterocycles. The minimum atomic E-state index is -0.194. The molecule has 0 unspecified atom stereocenters. The van der Waals surface area contributed by atoms with Gasteiger partial charge in [0.15, 0.2) is 0 Å². The molecule has 0 fully saturated rings. The zero-order valence-electron chi connectivity index (χ0n) is 17.0.